The molecule has 0 aliphatic heterocycles. The first-order chi connectivity index (χ1) is 16.6. The van der Waals surface area contributed by atoms with Gasteiger partial charge >= 0.3 is 0 Å². The summed E-state index contributed by atoms with van der Waals surface area (Å²) in [6, 6.07) is 25.8. The number of para-hydroxylation sites is 1. The van der Waals surface area contributed by atoms with Crippen LogP contribution in [-0.2, 0) is 7.05 Å². The monoisotopic (exact) mass is 436 g/mol. The highest BCUT2D eigenvalue weighted by Gasteiger charge is 2.26. The standard InChI is InChI=1S/C31H22N3/c1-18-15-24-23-11-8-12-25(32-3)29(23)34-26-17-22(20-9-6-5-7-10-20)16-21-13-14-33(4)31(28(21)26)27(19(18)2)30(24)34/h5-17H,1-2,4H3/q+1. The van der Waals surface area contributed by atoms with E-state index in [-0.39, 0.29) is 0 Å². The van der Waals surface area contributed by atoms with Crippen LogP contribution in [0.5, 0.6) is 0 Å². The van der Waals surface area contributed by atoms with Crippen LogP contribution in [0.1, 0.15) is 11.1 Å². The molecule has 7 rings (SSSR count). The van der Waals surface area contributed by atoms with Gasteiger partial charge in [0.1, 0.15) is 7.05 Å². The van der Waals surface area contributed by atoms with Gasteiger partial charge in [0.2, 0.25) is 11.2 Å². The Kier molecular flexibility index (Phi) is 3.68. The molecule has 0 saturated carbocycles. The molecule has 0 saturated heterocycles. The molecule has 0 spiro atoms. The first kappa shape index (κ1) is 19.1. The second-order valence-corrected chi connectivity index (χ2v) is 9.31. The molecule has 0 aliphatic rings. The van der Waals surface area contributed by atoms with E-state index in [0.717, 1.165) is 16.4 Å². The summed E-state index contributed by atoms with van der Waals surface area (Å²) in [5.41, 5.74) is 10.2. The third-order valence-corrected chi connectivity index (χ3v) is 7.49. The van der Waals surface area contributed by atoms with Crippen molar-refractivity contribution in [1.29, 1.82) is 0 Å². The molecule has 160 valence electrons. The van der Waals surface area contributed by atoms with Gasteiger partial charge < -0.3 is 4.40 Å². The van der Waals surface area contributed by atoms with Gasteiger partial charge in [-0.3, -0.25) is 0 Å². The van der Waals surface area contributed by atoms with Crippen molar-refractivity contribution in [3.05, 3.63) is 102 Å². The third-order valence-electron chi connectivity index (χ3n) is 7.49. The average molecular weight is 437 g/mol. The van der Waals surface area contributed by atoms with Gasteiger partial charge in [-0.05, 0) is 65.1 Å². The Morgan fingerprint density at radius 2 is 1.62 bits per heavy atom. The fourth-order valence-electron chi connectivity index (χ4n) is 5.81. The van der Waals surface area contributed by atoms with E-state index in [2.05, 4.69) is 102 Å². The van der Waals surface area contributed by atoms with Gasteiger partial charge in [0, 0.05) is 11.5 Å². The van der Waals surface area contributed by atoms with Gasteiger partial charge in [-0.15, -0.1) is 0 Å². The second kappa shape index (κ2) is 6.56. The van der Waals surface area contributed by atoms with E-state index in [1.165, 1.54) is 54.8 Å². The van der Waals surface area contributed by atoms with Crippen LogP contribution in [-0.4, -0.2) is 4.40 Å². The molecule has 7 aromatic rings. The van der Waals surface area contributed by atoms with Crippen LogP contribution in [0.4, 0.5) is 5.69 Å². The predicted octanol–water partition coefficient (Wildman–Crippen LogP) is 7.65. The van der Waals surface area contributed by atoms with E-state index in [4.69, 9.17) is 6.57 Å². The van der Waals surface area contributed by atoms with Crippen molar-refractivity contribution in [1.82, 2.24) is 4.40 Å². The van der Waals surface area contributed by atoms with Crippen molar-refractivity contribution in [3.63, 3.8) is 0 Å². The Morgan fingerprint density at radius 1 is 0.794 bits per heavy atom. The first-order valence-electron chi connectivity index (χ1n) is 11.6. The summed E-state index contributed by atoms with van der Waals surface area (Å²) >= 11 is 0. The number of hydrogen-bond donors (Lipinski definition) is 0. The van der Waals surface area contributed by atoms with Crippen LogP contribution >= 0.6 is 0 Å². The number of fused-ring (bicyclic) bond motifs is 5. The topological polar surface area (TPSA) is 12.6 Å². The zero-order chi connectivity index (χ0) is 23.1. The van der Waals surface area contributed by atoms with Crippen molar-refractivity contribution in [2.24, 2.45) is 7.05 Å². The lowest BCUT2D eigenvalue weighted by Crippen LogP contribution is -2.29. The number of pyridine rings is 2. The minimum Gasteiger partial charge on any atom is -0.317 e. The Labute approximate surface area is 197 Å². The number of benzene rings is 4. The number of aryl methyl sites for hydroxylation is 3. The van der Waals surface area contributed by atoms with Gasteiger partial charge in [0.25, 0.3) is 0 Å². The summed E-state index contributed by atoms with van der Waals surface area (Å²) in [4.78, 5) is 3.94. The molecule has 0 unspecified atom stereocenters. The third kappa shape index (κ3) is 2.27. The molecule has 4 aromatic carbocycles. The van der Waals surface area contributed by atoms with E-state index in [0.29, 0.717) is 5.69 Å². The van der Waals surface area contributed by atoms with Crippen LogP contribution in [0.15, 0.2) is 79.0 Å². The molecule has 3 heterocycles. The zero-order valence-electron chi connectivity index (χ0n) is 19.3. The van der Waals surface area contributed by atoms with Gasteiger partial charge in [-0.2, -0.15) is 0 Å². The molecule has 0 bridgehead atoms. The maximum atomic E-state index is 7.94. The summed E-state index contributed by atoms with van der Waals surface area (Å²) in [7, 11) is 2.14. The highest BCUT2D eigenvalue weighted by atomic mass is 15.0. The van der Waals surface area contributed by atoms with Crippen LogP contribution in [0, 0.1) is 20.4 Å². The smallest absolute Gasteiger partial charge is 0.224 e. The zero-order valence-corrected chi connectivity index (χ0v) is 19.3. The summed E-state index contributed by atoms with van der Waals surface area (Å²) < 4.78 is 4.62. The Hall–Kier alpha value is -4.42. The van der Waals surface area contributed by atoms with Crippen LogP contribution in [0.3, 0.4) is 0 Å². The fourth-order valence-corrected chi connectivity index (χ4v) is 5.81. The number of aromatic nitrogens is 2. The van der Waals surface area contributed by atoms with Gasteiger partial charge in [-0.25, -0.2) is 9.41 Å². The molecule has 0 amide bonds. The molecular weight excluding hydrogens is 414 g/mol. The second-order valence-electron chi connectivity index (χ2n) is 9.31. The minimum atomic E-state index is 0.692. The maximum Gasteiger partial charge on any atom is 0.224 e. The SMILES string of the molecule is [C-]#[N+]c1cccc2c3cc(C)c(C)c4c3n(c3cc(-c5ccccc5)cc5cc[n+](C)c4c53)c12. The Morgan fingerprint density at radius 3 is 2.41 bits per heavy atom. The lowest BCUT2D eigenvalue weighted by Gasteiger charge is -2.15. The molecule has 34 heavy (non-hydrogen) atoms. The summed E-state index contributed by atoms with van der Waals surface area (Å²) in [5, 5.41) is 6.08. The van der Waals surface area contributed by atoms with Gasteiger partial charge in [0.05, 0.1) is 33.9 Å². The first-order valence-corrected chi connectivity index (χ1v) is 11.6. The number of hydrogen-bond acceptors (Lipinski definition) is 0. The molecule has 3 nitrogen and oxygen atoms in total. The number of nitrogens with zero attached hydrogens (tertiary/aromatic N) is 3. The molecule has 3 heteroatoms. The van der Waals surface area contributed by atoms with E-state index < -0.39 is 0 Å². The fraction of sp³-hybridized carbons (Fsp3) is 0.0968. The lowest BCUT2D eigenvalue weighted by molar-refractivity contribution is -0.643. The highest BCUT2D eigenvalue weighted by Crippen LogP contribution is 2.44. The molecule has 3 aromatic heterocycles. The van der Waals surface area contributed by atoms with Crippen molar-refractivity contribution in [3.8, 4) is 11.1 Å². The number of rotatable bonds is 1. The van der Waals surface area contributed by atoms with Gasteiger partial charge in [-0.1, -0.05) is 48.5 Å². The minimum absolute atomic E-state index is 0.692. The van der Waals surface area contributed by atoms with Crippen molar-refractivity contribution >= 4 is 54.7 Å². The van der Waals surface area contributed by atoms with Crippen molar-refractivity contribution in [2.75, 3.05) is 0 Å². The van der Waals surface area contributed by atoms with E-state index in [9.17, 15) is 0 Å². The van der Waals surface area contributed by atoms with Crippen LogP contribution < -0.4 is 4.57 Å². The normalized spacial score (nSPS) is 11.9. The van der Waals surface area contributed by atoms with E-state index >= 15 is 0 Å². The van der Waals surface area contributed by atoms with E-state index in [1.807, 2.05) is 12.1 Å². The molecule has 0 radical (unpaired) electrons. The molecule has 0 fully saturated rings. The molecule has 0 aliphatic carbocycles. The van der Waals surface area contributed by atoms with Crippen molar-refractivity contribution in [2.45, 2.75) is 13.8 Å². The van der Waals surface area contributed by atoms with Gasteiger partial charge in [0.15, 0.2) is 6.20 Å². The summed E-state index contributed by atoms with van der Waals surface area (Å²) in [6.07, 6.45) is 2.17. The Balaban J connectivity index is 1.89. The Bertz CT molecular complexity index is 1990. The maximum absolute atomic E-state index is 7.94. The summed E-state index contributed by atoms with van der Waals surface area (Å²) in [5.74, 6) is 0. The molecule has 0 N–H and O–H groups in total. The van der Waals surface area contributed by atoms with E-state index in [1.54, 1.807) is 0 Å². The largest absolute Gasteiger partial charge is 0.317 e. The van der Waals surface area contributed by atoms with Crippen molar-refractivity contribution < 1.29 is 4.57 Å². The predicted molar refractivity (Wildman–Crippen MR) is 141 cm³/mol. The average Bonchev–Trinajstić information content (AvgIpc) is 3.20. The quantitative estimate of drug-likeness (QED) is 0.108. The van der Waals surface area contributed by atoms with Crippen LogP contribution in [0.2, 0.25) is 0 Å². The van der Waals surface area contributed by atoms with Crippen LogP contribution in [0.25, 0.3) is 65.0 Å². The molecule has 0 atom stereocenters. The highest BCUT2D eigenvalue weighted by molar-refractivity contribution is 6.27. The molecular formula is C31H22N3+. The lowest BCUT2D eigenvalue weighted by atomic mass is 9.94. The summed E-state index contributed by atoms with van der Waals surface area (Å²) in [6.45, 7) is 12.4.